The Hall–Kier alpha value is -2.14. The molecule has 2 aliphatic rings. The van der Waals surface area contributed by atoms with Gasteiger partial charge in [0.25, 0.3) is 0 Å². The molecule has 1 aromatic heterocycles. The number of hydrogen-bond acceptors (Lipinski definition) is 5. The summed E-state index contributed by atoms with van der Waals surface area (Å²) in [4.78, 5) is 5.14. The Kier molecular flexibility index (Phi) is 7.11. The number of hydrogen-bond donors (Lipinski definition) is 0. The first-order valence-electron chi connectivity index (χ1n) is 12.2. The summed E-state index contributed by atoms with van der Waals surface area (Å²) in [5, 5.41) is 9.09. The summed E-state index contributed by atoms with van der Waals surface area (Å²) in [5.74, 6) is 1.89. The summed E-state index contributed by atoms with van der Waals surface area (Å²) in [5.41, 5.74) is 2.49. The van der Waals surface area contributed by atoms with E-state index in [0.717, 1.165) is 42.0 Å². The maximum Gasteiger partial charge on any atom is 0.151 e. The van der Waals surface area contributed by atoms with Crippen molar-refractivity contribution in [3.8, 4) is 17.0 Å². The second kappa shape index (κ2) is 9.99. The van der Waals surface area contributed by atoms with Gasteiger partial charge in [0.15, 0.2) is 5.82 Å². The molecule has 0 amide bonds. The Morgan fingerprint density at radius 3 is 2.35 bits per heavy atom. The van der Waals surface area contributed by atoms with Crippen LogP contribution in [0.1, 0.15) is 59.3 Å². The van der Waals surface area contributed by atoms with E-state index in [2.05, 4.69) is 52.0 Å². The first-order valence-corrected chi connectivity index (χ1v) is 12.2. The van der Waals surface area contributed by atoms with E-state index in [4.69, 9.17) is 4.74 Å². The van der Waals surface area contributed by atoms with Gasteiger partial charge in [-0.3, -0.25) is 0 Å². The maximum atomic E-state index is 5.61. The molecule has 1 unspecified atom stereocenters. The zero-order valence-electron chi connectivity index (χ0n) is 19.5. The number of rotatable bonds is 7. The van der Waals surface area contributed by atoms with E-state index >= 15 is 0 Å². The smallest absolute Gasteiger partial charge is 0.151 e. The quantitative estimate of drug-likeness (QED) is 0.596. The molecule has 0 saturated carbocycles. The lowest BCUT2D eigenvalue weighted by Crippen LogP contribution is -2.49. The fraction of sp³-hybridized carbons (Fsp3) is 0.615. The highest BCUT2D eigenvalue weighted by Gasteiger charge is 2.38. The van der Waals surface area contributed by atoms with Gasteiger partial charge in [0, 0.05) is 24.7 Å². The largest absolute Gasteiger partial charge is 0.494 e. The summed E-state index contributed by atoms with van der Waals surface area (Å²) in [7, 11) is 0. The Bertz CT molecular complexity index is 820. The van der Waals surface area contributed by atoms with Gasteiger partial charge in [-0.15, -0.1) is 10.2 Å². The predicted octanol–water partition coefficient (Wildman–Crippen LogP) is 5.41. The highest BCUT2D eigenvalue weighted by molar-refractivity contribution is 5.61. The van der Waals surface area contributed by atoms with Crippen molar-refractivity contribution in [1.29, 1.82) is 0 Å². The average molecular weight is 423 g/mol. The van der Waals surface area contributed by atoms with Gasteiger partial charge >= 0.3 is 0 Å². The van der Waals surface area contributed by atoms with Crippen LogP contribution in [-0.4, -0.2) is 53.9 Å². The number of ether oxygens (including phenoxy) is 1. The molecule has 1 aromatic carbocycles. The third kappa shape index (κ3) is 5.20. The van der Waals surface area contributed by atoms with Gasteiger partial charge < -0.3 is 14.5 Å². The third-order valence-electron chi connectivity index (χ3n) is 7.43. The monoisotopic (exact) mass is 422 g/mol. The summed E-state index contributed by atoms with van der Waals surface area (Å²) in [6, 6.07) is 13.0. The van der Waals surface area contributed by atoms with Crippen LogP contribution in [0.4, 0.5) is 5.82 Å². The van der Waals surface area contributed by atoms with E-state index < -0.39 is 0 Å². The first kappa shape index (κ1) is 22.1. The van der Waals surface area contributed by atoms with Crippen LogP contribution >= 0.6 is 0 Å². The van der Waals surface area contributed by atoms with Gasteiger partial charge in [-0.05, 0) is 88.7 Å². The zero-order chi connectivity index (χ0) is 21.7. The van der Waals surface area contributed by atoms with E-state index in [1.165, 1.54) is 51.6 Å². The Morgan fingerprint density at radius 1 is 0.968 bits per heavy atom. The van der Waals surface area contributed by atoms with Crippen molar-refractivity contribution in [2.24, 2.45) is 5.41 Å². The SMILES string of the molecule is CCCC(C)N1CCC2(CCN(c3ccc(-c4cccc(OCC)c4)nn3)CC2)CC1. The van der Waals surface area contributed by atoms with E-state index in [9.17, 15) is 0 Å². The molecular weight excluding hydrogens is 384 g/mol. The lowest BCUT2D eigenvalue weighted by atomic mass is 9.71. The van der Waals surface area contributed by atoms with Crippen LogP contribution in [-0.2, 0) is 0 Å². The molecule has 5 nitrogen and oxygen atoms in total. The second-order valence-corrected chi connectivity index (χ2v) is 9.40. The van der Waals surface area contributed by atoms with Crippen molar-refractivity contribution < 1.29 is 4.74 Å². The number of benzene rings is 1. The van der Waals surface area contributed by atoms with Crippen LogP contribution in [0, 0.1) is 5.41 Å². The molecule has 168 valence electrons. The van der Waals surface area contributed by atoms with Gasteiger partial charge in [-0.25, -0.2) is 0 Å². The summed E-state index contributed by atoms with van der Waals surface area (Å²) in [6.45, 7) is 12.1. The predicted molar refractivity (Wildman–Crippen MR) is 128 cm³/mol. The van der Waals surface area contributed by atoms with Gasteiger partial charge in [-0.2, -0.15) is 0 Å². The van der Waals surface area contributed by atoms with E-state index in [-0.39, 0.29) is 0 Å². The van der Waals surface area contributed by atoms with Gasteiger partial charge in [0.1, 0.15) is 5.75 Å². The fourth-order valence-corrected chi connectivity index (χ4v) is 5.31. The van der Waals surface area contributed by atoms with Crippen molar-refractivity contribution in [2.75, 3.05) is 37.7 Å². The lowest BCUT2D eigenvalue weighted by Gasteiger charge is -2.48. The minimum Gasteiger partial charge on any atom is -0.494 e. The Labute approximate surface area is 187 Å². The molecule has 2 aliphatic heterocycles. The molecule has 2 fully saturated rings. The van der Waals surface area contributed by atoms with Crippen molar-refractivity contribution >= 4 is 5.82 Å². The van der Waals surface area contributed by atoms with Gasteiger partial charge in [0.2, 0.25) is 0 Å². The van der Waals surface area contributed by atoms with E-state index in [1.807, 2.05) is 25.1 Å². The number of aromatic nitrogens is 2. The number of likely N-dealkylation sites (tertiary alicyclic amines) is 1. The van der Waals surface area contributed by atoms with Crippen LogP contribution in [0.15, 0.2) is 36.4 Å². The molecule has 4 rings (SSSR count). The van der Waals surface area contributed by atoms with Crippen LogP contribution in [0.3, 0.4) is 0 Å². The molecule has 31 heavy (non-hydrogen) atoms. The molecule has 0 radical (unpaired) electrons. The molecular formula is C26H38N4O. The lowest BCUT2D eigenvalue weighted by molar-refractivity contribution is 0.0564. The Morgan fingerprint density at radius 2 is 1.71 bits per heavy atom. The minimum atomic E-state index is 0.548. The topological polar surface area (TPSA) is 41.5 Å². The fourth-order valence-electron chi connectivity index (χ4n) is 5.31. The highest BCUT2D eigenvalue weighted by atomic mass is 16.5. The summed E-state index contributed by atoms with van der Waals surface area (Å²) in [6.07, 6.45) is 7.89. The van der Waals surface area contributed by atoms with Crippen molar-refractivity contribution in [2.45, 2.75) is 65.3 Å². The third-order valence-corrected chi connectivity index (χ3v) is 7.43. The minimum absolute atomic E-state index is 0.548. The molecule has 5 heteroatoms. The van der Waals surface area contributed by atoms with Crippen molar-refractivity contribution in [3.63, 3.8) is 0 Å². The molecule has 1 spiro atoms. The van der Waals surface area contributed by atoms with Gasteiger partial charge in [0.05, 0.1) is 12.3 Å². The number of piperidine rings is 2. The number of anilines is 1. The normalized spacial score (nSPS) is 20.0. The molecule has 0 aliphatic carbocycles. The molecule has 3 heterocycles. The second-order valence-electron chi connectivity index (χ2n) is 9.40. The van der Waals surface area contributed by atoms with Crippen LogP contribution in [0.2, 0.25) is 0 Å². The molecule has 1 atom stereocenters. The highest BCUT2D eigenvalue weighted by Crippen LogP contribution is 2.42. The van der Waals surface area contributed by atoms with Crippen LogP contribution < -0.4 is 9.64 Å². The Balaban J connectivity index is 1.33. The van der Waals surface area contributed by atoms with E-state index in [1.54, 1.807) is 0 Å². The zero-order valence-corrected chi connectivity index (χ0v) is 19.5. The van der Waals surface area contributed by atoms with Crippen LogP contribution in [0.25, 0.3) is 11.3 Å². The first-order chi connectivity index (χ1) is 15.1. The molecule has 0 N–H and O–H groups in total. The average Bonchev–Trinajstić information content (AvgIpc) is 2.81. The van der Waals surface area contributed by atoms with Crippen molar-refractivity contribution in [3.05, 3.63) is 36.4 Å². The molecule has 2 saturated heterocycles. The maximum absolute atomic E-state index is 5.61. The summed E-state index contributed by atoms with van der Waals surface area (Å²) >= 11 is 0. The summed E-state index contributed by atoms with van der Waals surface area (Å²) < 4.78 is 5.61. The van der Waals surface area contributed by atoms with Crippen molar-refractivity contribution in [1.82, 2.24) is 15.1 Å². The van der Waals surface area contributed by atoms with Crippen LogP contribution in [0.5, 0.6) is 5.75 Å². The standard InChI is InChI=1S/C26H38N4O/c1-4-7-21(3)29-16-12-26(13-17-29)14-18-30(19-15-26)25-11-10-24(27-28-25)22-8-6-9-23(20-22)31-5-2/h6,8-11,20-21H,4-5,7,12-19H2,1-3H3. The van der Waals surface area contributed by atoms with Gasteiger partial charge in [-0.1, -0.05) is 25.5 Å². The van der Waals surface area contributed by atoms with E-state index in [0.29, 0.717) is 12.0 Å². The molecule has 0 bridgehead atoms. The molecule has 2 aromatic rings. The number of nitrogens with zero attached hydrogens (tertiary/aromatic N) is 4.